The number of rotatable bonds is 0. The first-order chi connectivity index (χ1) is 6.52. The van der Waals surface area contributed by atoms with Gasteiger partial charge in [0.25, 0.3) is 11.7 Å². The Morgan fingerprint density at radius 1 is 1.36 bits per heavy atom. The number of amides is 1. The maximum Gasteiger partial charge on any atom is 0.299 e. The van der Waals surface area contributed by atoms with E-state index in [0.29, 0.717) is 0 Å². The van der Waals surface area contributed by atoms with Gasteiger partial charge in [0.1, 0.15) is 5.82 Å². The van der Waals surface area contributed by atoms with E-state index in [1.807, 2.05) is 0 Å². The molecule has 5 heteroatoms. The highest BCUT2D eigenvalue weighted by Crippen LogP contribution is 2.35. The number of carbonyl (C=O) groups excluding carboxylic acids is 2. The van der Waals surface area contributed by atoms with Crippen molar-refractivity contribution in [3.8, 4) is 0 Å². The summed E-state index contributed by atoms with van der Waals surface area (Å²) in [7, 11) is 1.43. The number of hydrogen-bond acceptors (Lipinski definition) is 2. The Bertz CT molecular complexity index is 458. The number of ketones is 1. The lowest BCUT2D eigenvalue weighted by atomic mass is 10.1. The molecule has 3 nitrogen and oxygen atoms in total. The van der Waals surface area contributed by atoms with Gasteiger partial charge in [0.15, 0.2) is 0 Å². The van der Waals surface area contributed by atoms with Crippen LogP contribution in [0.5, 0.6) is 0 Å². The van der Waals surface area contributed by atoms with Crippen molar-refractivity contribution >= 4 is 29.0 Å². The van der Waals surface area contributed by atoms with Crippen molar-refractivity contribution in [3.63, 3.8) is 0 Å². The van der Waals surface area contributed by atoms with E-state index < -0.39 is 17.5 Å². The van der Waals surface area contributed by atoms with Crippen LogP contribution in [0.4, 0.5) is 10.1 Å². The fourth-order valence-electron chi connectivity index (χ4n) is 1.45. The number of benzene rings is 1. The third-order valence-electron chi connectivity index (χ3n) is 2.11. The van der Waals surface area contributed by atoms with Crippen LogP contribution >= 0.6 is 11.6 Å². The number of Topliss-reactive ketones (excluding diaryl/α,β-unsaturated/α-hetero) is 1. The second kappa shape index (κ2) is 2.78. The van der Waals surface area contributed by atoms with Crippen molar-refractivity contribution in [2.24, 2.45) is 0 Å². The van der Waals surface area contributed by atoms with Crippen LogP contribution in [0.1, 0.15) is 10.4 Å². The van der Waals surface area contributed by atoms with Crippen LogP contribution in [-0.4, -0.2) is 18.7 Å². The second-order valence-electron chi connectivity index (χ2n) is 2.98. The van der Waals surface area contributed by atoms with E-state index in [1.54, 1.807) is 0 Å². The van der Waals surface area contributed by atoms with Crippen LogP contribution in [0.2, 0.25) is 5.02 Å². The Kier molecular flexibility index (Phi) is 1.82. The summed E-state index contributed by atoms with van der Waals surface area (Å²) >= 11 is 5.71. The van der Waals surface area contributed by atoms with Gasteiger partial charge in [0.05, 0.1) is 16.3 Å². The molecule has 0 saturated heterocycles. The Labute approximate surface area is 84.1 Å². The summed E-state index contributed by atoms with van der Waals surface area (Å²) in [4.78, 5) is 23.6. The van der Waals surface area contributed by atoms with E-state index in [0.717, 1.165) is 17.0 Å². The fraction of sp³-hybridized carbons (Fsp3) is 0.111. The number of halogens is 2. The number of nitrogens with zero attached hydrogens (tertiary/aromatic N) is 1. The molecular formula is C9H5ClFNO2. The van der Waals surface area contributed by atoms with E-state index in [9.17, 15) is 14.0 Å². The van der Waals surface area contributed by atoms with Gasteiger partial charge in [-0.3, -0.25) is 9.59 Å². The van der Waals surface area contributed by atoms with Crippen LogP contribution < -0.4 is 4.90 Å². The molecule has 0 aliphatic carbocycles. The molecule has 72 valence electrons. The first kappa shape index (κ1) is 9.15. The minimum atomic E-state index is -0.719. The smallest absolute Gasteiger partial charge is 0.299 e. The topological polar surface area (TPSA) is 37.4 Å². The first-order valence-electron chi connectivity index (χ1n) is 3.84. The normalized spacial score (nSPS) is 14.9. The first-order valence-corrected chi connectivity index (χ1v) is 4.21. The summed E-state index contributed by atoms with van der Waals surface area (Å²) < 4.78 is 12.9. The average molecular weight is 214 g/mol. The van der Waals surface area contributed by atoms with Crippen LogP contribution in [0.15, 0.2) is 12.1 Å². The molecule has 1 aromatic carbocycles. The van der Waals surface area contributed by atoms with Crippen molar-refractivity contribution in [3.05, 3.63) is 28.5 Å². The van der Waals surface area contributed by atoms with E-state index in [4.69, 9.17) is 11.6 Å². The molecule has 0 fully saturated rings. The maximum atomic E-state index is 12.9. The molecule has 1 aliphatic rings. The lowest BCUT2D eigenvalue weighted by Gasteiger charge is -2.09. The van der Waals surface area contributed by atoms with E-state index in [1.165, 1.54) is 7.05 Å². The lowest BCUT2D eigenvalue weighted by molar-refractivity contribution is -0.114. The van der Waals surface area contributed by atoms with Gasteiger partial charge in [0, 0.05) is 7.05 Å². The van der Waals surface area contributed by atoms with E-state index >= 15 is 0 Å². The Balaban J connectivity index is 2.75. The highest BCUT2D eigenvalue weighted by molar-refractivity contribution is 6.54. The van der Waals surface area contributed by atoms with Crippen molar-refractivity contribution in [2.45, 2.75) is 0 Å². The molecule has 1 heterocycles. The number of hydrogen-bond donors (Lipinski definition) is 0. The molecular weight excluding hydrogens is 209 g/mol. The van der Waals surface area contributed by atoms with Gasteiger partial charge < -0.3 is 4.90 Å². The zero-order valence-electron chi connectivity index (χ0n) is 7.17. The molecule has 14 heavy (non-hydrogen) atoms. The highest BCUT2D eigenvalue weighted by Gasteiger charge is 2.35. The lowest BCUT2D eigenvalue weighted by Crippen LogP contribution is -2.24. The van der Waals surface area contributed by atoms with Gasteiger partial charge in [-0.25, -0.2) is 4.39 Å². The van der Waals surface area contributed by atoms with Gasteiger partial charge in [-0.05, 0) is 12.1 Å². The molecule has 1 aliphatic heterocycles. The maximum absolute atomic E-state index is 12.9. The highest BCUT2D eigenvalue weighted by atomic mass is 35.5. The van der Waals surface area contributed by atoms with Crippen molar-refractivity contribution in [2.75, 3.05) is 11.9 Å². The molecule has 0 N–H and O–H groups in total. The Hall–Kier alpha value is -1.42. The molecule has 0 radical (unpaired) electrons. The predicted octanol–water partition coefficient (Wildman–Crippen LogP) is 1.64. The molecule has 2 rings (SSSR count). The summed E-state index contributed by atoms with van der Waals surface area (Å²) in [5.41, 5.74) is 0.311. The molecule has 0 unspecified atom stereocenters. The number of likely N-dealkylation sites (N-methyl/N-ethyl adjacent to an activating group) is 1. The van der Waals surface area contributed by atoms with Gasteiger partial charge in [-0.2, -0.15) is 0 Å². The van der Waals surface area contributed by atoms with Crippen molar-refractivity contribution in [1.82, 2.24) is 0 Å². The molecule has 0 saturated carbocycles. The largest absolute Gasteiger partial charge is 0.306 e. The van der Waals surface area contributed by atoms with Gasteiger partial charge in [-0.1, -0.05) is 11.6 Å². The molecule has 0 aromatic heterocycles. The zero-order chi connectivity index (χ0) is 10.5. The number of anilines is 1. The minimum absolute atomic E-state index is 0.0301. The van der Waals surface area contributed by atoms with Crippen LogP contribution in [0.25, 0.3) is 0 Å². The van der Waals surface area contributed by atoms with Crippen molar-refractivity contribution < 1.29 is 14.0 Å². The quantitative estimate of drug-likeness (QED) is 0.615. The standard InChI is InChI=1S/C9H5ClFNO2/c1-12-7-5(8(13)9(12)14)2-4(11)3-6(7)10/h2-3H,1H3. The van der Waals surface area contributed by atoms with Crippen LogP contribution in [0, 0.1) is 5.82 Å². The summed E-state index contributed by atoms with van der Waals surface area (Å²) in [6.07, 6.45) is 0. The monoisotopic (exact) mass is 213 g/mol. The third-order valence-corrected chi connectivity index (χ3v) is 2.40. The number of fused-ring (bicyclic) bond motifs is 1. The summed E-state index contributed by atoms with van der Waals surface area (Å²) in [6.45, 7) is 0. The minimum Gasteiger partial charge on any atom is -0.306 e. The number of carbonyl (C=O) groups is 2. The Morgan fingerprint density at radius 3 is 2.64 bits per heavy atom. The van der Waals surface area contributed by atoms with E-state index in [-0.39, 0.29) is 16.3 Å². The summed E-state index contributed by atoms with van der Waals surface area (Å²) in [5, 5.41) is 0.0710. The predicted molar refractivity (Wildman–Crippen MR) is 49.2 cm³/mol. The van der Waals surface area contributed by atoms with E-state index in [2.05, 4.69) is 0 Å². The van der Waals surface area contributed by atoms with Crippen molar-refractivity contribution in [1.29, 1.82) is 0 Å². The molecule has 0 atom stereocenters. The fourth-order valence-corrected chi connectivity index (χ4v) is 1.78. The molecule has 0 bridgehead atoms. The van der Waals surface area contributed by atoms with Crippen LogP contribution in [-0.2, 0) is 4.79 Å². The molecule has 0 spiro atoms. The SMILES string of the molecule is CN1C(=O)C(=O)c2cc(F)cc(Cl)c21. The Morgan fingerprint density at radius 2 is 2.00 bits per heavy atom. The zero-order valence-corrected chi connectivity index (χ0v) is 7.93. The molecule has 1 amide bonds. The van der Waals surface area contributed by atoms with Gasteiger partial charge in [-0.15, -0.1) is 0 Å². The second-order valence-corrected chi connectivity index (χ2v) is 3.38. The van der Waals surface area contributed by atoms with Gasteiger partial charge >= 0.3 is 0 Å². The molecule has 1 aromatic rings. The summed E-state index contributed by atoms with van der Waals surface area (Å²) in [5.74, 6) is -2.03. The van der Waals surface area contributed by atoms with Gasteiger partial charge in [0.2, 0.25) is 0 Å². The third kappa shape index (κ3) is 1.04. The summed E-state index contributed by atoms with van der Waals surface area (Å²) in [6, 6.07) is 2.09. The van der Waals surface area contributed by atoms with Crippen LogP contribution in [0.3, 0.4) is 0 Å². The average Bonchev–Trinajstić information content (AvgIpc) is 2.31.